The van der Waals surface area contributed by atoms with E-state index in [1.165, 1.54) is 6.33 Å². The molecule has 19 heavy (non-hydrogen) atoms. The summed E-state index contributed by atoms with van der Waals surface area (Å²) in [4.78, 5) is 17.9. The topological polar surface area (TPSA) is 75.6 Å². The number of nitrogens with one attached hydrogen (secondary N) is 2. The summed E-state index contributed by atoms with van der Waals surface area (Å²) in [5, 5.41) is 9.29. The van der Waals surface area contributed by atoms with Gasteiger partial charge in [-0.25, -0.2) is 15.0 Å². The number of hydrogen-bond acceptors (Lipinski definition) is 7. The van der Waals surface area contributed by atoms with Crippen LogP contribution in [-0.4, -0.2) is 27.0 Å². The molecule has 0 unspecified atom stereocenters. The van der Waals surface area contributed by atoms with Crippen molar-refractivity contribution >= 4 is 33.3 Å². The van der Waals surface area contributed by atoms with Gasteiger partial charge in [-0.05, 0) is 17.5 Å². The highest BCUT2D eigenvalue weighted by atomic mass is 32.1. The molecule has 0 atom stereocenters. The molecule has 3 aromatic heterocycles. The Morgan fingerprint density at radius 1 is 1.26 bits per heavy atom. The molecule has 0 aliphatic carbocycles. The van der Waals surface area contributed by atoms with E-state index < -0.39 is 0 Å². The minimum atomic E-state index is 0.605. The van der Waals surface area contributed by atoms with Crippen LogP contribution in [0.25, 0.3) is 10.2 Å². The molecule has 0 aromatic carbocycles. The van der Waals surface area contributed by atoms with Gasteiger partial charge in [-0.15, -0.1) is 11.3 Å². The largest absolute Gasteiger partial charge is 0.364 e. The second-order valence-corrected chi connectivity index (χ2v) is 4.73. The molecular formula is C12H12N6S. The summed E-state index contributed by atoms with van der Waals surface area (Å²) in [5.74, 6) is 1.43. The zero-order chi connectivity index (χ0) is 13.1. The van der Waals surface area contributed by atoms with Gasteiger partial charge in [0.1, 0.15) is 17.0 Å². The molecule has 0 fully saturated rings. The summed E-state index contributed by atoms with van der Waals surface area (Å²) in [6, 6.07) is 3.89. The Balaban J connectivity index is 1.89. The van der Waals surface area contributed by atoms with Crippen LogP contribution < -0.4 is 10.6 Å². The number of anilines is 2. The van der Waals surface area contributed by atoms with Crippen LogP contribution in [0.3, 0.4) is 0 Å². The maximum Gasteiger partial charge on any atom is 0.225 e. The molecule has 0 saturated carbocycles. The van der Waals surface area contributed by atoms with E-state index in [0.717, 1.165) is 21.7 Å². The first-order valence-corrected chi connectivity index (χ1v) is 6.66. The molecule has 0 bridgehead atoms. The molecule has 0 saturated heterocycles. The zero-order valence-corrected chi connectivity index (χ0v) is 11.1. The number of hydrogen-bond donors (Lipinski definition) is 2. The molecule has 0 aliphatic rings. The maximum absolute atomic E-state index is 4.44. The van der Waals surface area contributed by atoms with E-state index in [9.17, 15) is 0 Å². The van der Waals surface area contributed by atoms with E-state index >= 15 is 0 Å². The Hall–Kier alpha value is -2.28. The second kappa shape index (κ2) is 5.15. The van der Waals surface area contributed by atoms with Crippen LogP contribution >= 0.6 is 11.3 Å². The van der Waals surface area contributed by atoms with Crippen molar-refractivity contribution in [3.63, 3.8) is 0 Å². The molecule has 3 rings (SSSR count). The molecule has 7 heteroatoms. The zero-order valence-electron chi connectivity index (χ0n) is 10.3. The van der Waals surface area contributed by atoms with Gasteiger partial charge in [0.25, 0.3) is 0 Å². The van der Waals surface area contributed by atoms with Gasteiger partial charge < -0.3 is 10.6 Å². The summed E-state index contributed by atoms with van der Waals surface area (Å²) in [7, 11) is 1.81. The highest BCUT2D eigenvalue weighted by molar-refractivity contribution is 7.16. The Morgan fingerprint density at radius 3 is 3.00 bits per heavy atom. The average Bonchev–Trinajstić information content (AvgIpc) is 2.94. The number of fused-ring (bicyclic) bond motifs is 1. The highest BCUT2D eigenvalue weighted by Gasteiger charge is 2.08. The third kappa shape index (κ3) is 2.45. The molecule has 0 aliphatic heterocycles. The summed E-state index contributed by atoms with van der Waals surface area (Å²) in [6.45, 7) is 0.605. The van der Waals surface area contributed by atoms with Gasteiger partial charge in [-0.3, -0.25) is 0 Å². The quantitative estimate of drug-likeness (QED) is 0.758. The van der Waals surface area contributed by atoms with Crippen molar-refractivity contribution in [2.75, 3.05) is 17.7 Å². The molecule has 96 valence electrons. The van der Waals surface area contributed by atoms with Crippen molar-refractivity contribution < 1.29 is 0 Å². The summed E-state index contributed by atoms with van der Waals surface area (Å²) >= 11 is 1.60. The van der Waals surface area contributed by atoms with Crippen molar-refractivity contribution in [2.24, 2.45) is 0 Å². The van der Waals surface area contributed by atoms with Crippen LogP contribution in [0.1, 0.15) is 5.69 Å². The standard InChI is InChI=1S/C12H12N6S/c1-13-12-17-10(9-3-5-19-11(9)18-12)15-6-8-2-4-14-7-16-8/h2-5,7H,6H2,1H3,(H2,13,15,17,18). The van der Waals surface area contributed by atoms with E-state index in [1.54, 1.807) is 17.5 Å². The van der Waals surface area contributed by atoms with E-state index in [2.05, 4.69) is 30.6 Å². The fourth-order valence-electron chi connectivity index (χ4n) is 1.70. The molecule has 6 nitrogen and oxygen atoms in total. The Kier molecular flexibility index (Phi) is 3.20. The average molecular weight is 272 g/mol. The fraction of sp³-hybridized carbons (Fsp3) is 0.167. The predicted octanol–water partition coefficient (Wildman–Crippen LogP) is 2.14. The molecule has 3 heterocycles. The molecular weight excluding hydrogens is 260 g/mol. The number of thiophene rings is 1. The van der Waals surface area contributed by atoms with Gasteiger partial charge in [0.15, 0.2) is 0 Å². The van der Waals surface area contributed by atoms with Crippen LogP contribution in [0.15, 0.2) is 30.0 Å². The monoisotopic (exact) mass is 272 g/mol. The van der Waals surface area contributed by atoms with E-state index in [1.807, 2.05) is 24.6 Å². The van der Waals surface area contributed by atoms with E-state index in [4.69, 9.17) is 0 Å². The van der Waals surface area contributed by atoms with Gasteiger partial charge in [0, 0.05) is 13.2 Å². The lowest BCUT2D eigenvalue weighted by Gasteiger charge is -2.08. The Bertz CT molecular complexity index is 681. The van der Waals surface area contributed by atoms with Crippen LogP contribution in [-0.2, 0) is 6.54 Å². The third-order valence-corrected chi connectivity index (χ3v) is 3.44. The van der Waals surface area contributed by atoms with Crippen LogP contribution in [0, 0.1) is 0 Å². The first kappa shape index (κ1) is 11.8. The second-order valence-electron chi connectivity index (χ2n) is 3.84. The minimum Gasteiger partial charge on any atom is -0.364 e. The Morgan fingerprint density at radius 2 is 2.21 bits per heavy atom. The lowest BCUT2D eigenvalue weighted by Crippen LogP contribution is -2.06. The van der Waals surface area contributed by atoms with Crippen LogP contribution in [0.4, 0.5) is 11.8 Å². The lowest BCUT2D eigenvalue weighted by molar-refractivity contribution is 0.997. The van der Waals surface area contributed by atoms with Crippen molar-refractivity contribution in [1.82, 2.24) is 19.9 Å². The predicted molar refractivity (Wildman–Crippen MR) is 76.3 cm³/mol. The fourth-order valence-corrected chi connectivity index (χ4v) is 2.46. The molecule has 0 amide bonds. The van der Waals surface area contributed by atoms with Gasteiger partial charge in [0.05, 0.1) is 17.6 Å². The van der Waals surface area contributed by atoms with Gasteiger partial charge in [-0.1, -0.05) is 0 Å². The summed E-state index contributed by atoms with van der Waals surface area (Å²) in [6.07, 6.45) is 3.26. The van der Waals surface area contributed by atoms with Crippen LogP contribution in [0.5, 0.6) is 0 Å². The van der Waals surface area contributed by atoms with Gasteiger partial charge in [0.2, 0.25) is 5.95 Å². The van der Waals surface area contributed by atoms with Gasteiger partial charge in [-0.2, -0.15) is 4.98 Å². The first-order valence-electron chi connectivity index (χ1n) is 5.78. The van der Waals surface area contributed by atoms with E-state index in [-0.39, 0.29) is 0 Å². The van der Waals surface area contributed by atoms with Crippen molar-refractivity contribution in [3.05, 3.63) is 35.7 Å². The maximum atomic E-state index is 4.44. The van der Waals surface area contributed by atoms with Crippen LogP contribution in [0.2, 0.25) is 0 Å². The first-order chi connectivity index (χ1) is 9.36. The molecule has 2 N–H and O–H groups in total. The third-order valence-electron chi connectivity index (χ3n) is 2.63. The lowest BCUT2D eigenvalue weighted by atomic mass is 10.3. The normalized spacial score (nSPS) is 10.6. The number of aromatic nitrogens is 4. The van der Waals surface area contributed by atoms with Crippen molar-refractivity contribution in [2.45, 2.75) is 6.54 Å². The van der Waals surface area contributed by atoms with Crippen molar-refractivity contribution in [3.8, 4) is 0 Å². The summed E-state index contributed by atoms with van der Waals surface area (Å²) < 4.78 is 0. The molecule has 0 radical (unpaired) electrons. The van der Waals surface area contributed by atoms with E-state index in [0.29, 0.717) is 12.5 Å². The SMILES string of the molecule is CNc1nc(NCc2ccncn2)c2ccsc2n1. The molecule has 3 aromatic rings. The number of nitrogens with zero attached hydrogens (tertiary/aromatic N) is 4. The molecule has 0 spiro atoms. The number of rotatable bonds is 4. The summed E-state index contributed by atoms with van der Waals surface area (Å²) in [5.41, 5.74) is 0.919. The smallest absolute Gasteiger partial charge is 0.225 e. The highest BCUT2D eigenvalue weighted by Crippen LogP contribution is 2.26. The Labute approximate surface area is 114 Å². The van der Waals surface area contributed by atoms with Crippen molar-refractivity contribution in [1.29, 1.82) is 0 Å². The minimum absolute atomic E-state index is 0.605. The van der Waals surface area contributed by atoms with Gasteiger partial charge >= 0.3 is 0 Å².